The summed E-state index contributed by atoms with van der Waals surface area (Å²) >= 11 is 0. The molecule has 0 aliphatic heterocycles. The lowest BCUT2D eigenvalue weighted by molar-refractivity contribution is -0.167. The first kappa shape index (κ1) is 68.4. The number of hydrogen-bond acceptors (Lipinski definition) is 6. The van der Waals surface area contributed by atoms with Gasteiger partial charge in [-0.15, -0.1) is 0 Å². The van der Waals surface area contributed by atoms with E-state index in [1.165, 1.54) is 205 Å². The molecule has 0 radical (unpaired) electrons. The zero-order valence-electron chi connectivity index (χ0n) is 47.5. The van der Waals surface area contributed by atoms with Gasteiger partial charge in [0, 0.05) is 19.3 Å². The number of esters is 3. The molecule has 0 saturated heterocycles. The van der Waals surface area contributed by atoms with E-state index in [0.717, 1.165) is 83.5 Å². The van der Waals surface area contributed by atoms with Crippen molar-refractivity contribution in [1.29, 1.82) is 0 Å². The molecule has 6 nitrogen and oxygen atoms in total. The first-order valence-electron chi connectivity index (χ1n) is 31.1. The molecule has 1 atom stereocenters. The van der Waals surface area contributed by atoms with Crippen LogP contribution < -0.4 is 0 Å². The van der Waals surface area contributed by atoms with E-state index in [1.807, 2.05) is 0 Å². The molecule has 71 heavy (non-hydrogen) atoms. The quantitative estimate of drug-likeness (QED) is 0.0261. The number of rotatable bonds is 57. The Morgan fingerprint density at radius 2 is 0.549 bits per heavy atom. The number of carbonyl (C=O) groups is 3. The van der Waals surface area contributed by atoms with E-state index >= 15 is 0 Å². The summed E-state index contributed by atoms with van der Waals surface area (Å²) in [6.45, 7) is 6.51. The van der Waals surface area contributed by atoms with E-state index in [4.69, 9.17) is 14.2 Å². The number of allylic oxidation sites excluding steroid dienone is 8. The van der Waals surface area contributed by atoms with E-state index in [0.29, 0.717) is 19.3 Å². The molecular formula is C65H118O6. The standard InChI is InChI=1S/C65H118O6/c1-4-7-10-13-16-19-21-23-24-25-26-27-28-29-30-31-32-33-34-35-36-37-38-39-40-42-43-46-49-52-55-58-64(67)70-61-62(60-69-63(66)57-54-51-48-45-18-15-12-9-6-3)71-65(68)59-56-53-50-47-44-41-22-20-17-14-11-8-5-2/h8,11,17,20,25-26,41,44,62H,4-7,9-10,12-16,18-19,21-24,27-40,42-43,45-61H2,1-3H3/b11-8-,20-17-,26-25-,44-41-. The first-order chi connectivity index (χ1) is 35.0. The number of hydrogen-bond donors (Lipinski definition) is 0. The fraction of sp³-hybridized carbons (Fsp3) is 0.831. The smallest absolute Gasteiger partial charge is 0.306 e. The highest BCUT2D eigenvalue weighted by Gasteiger charge is 2.19. The van der Waals surface area contributed by atoms with E-state index < -0.39 is 6.10 Å². The Morgan fingerprint density at radius 3 is 0.887 bits per heavy atom. The summed E-state index contributed by atoms with van der Waals surface area (Å²) in [6, 6.07) is 0. The third-order valence-electron chi connectivity index (χ3n) is 13.8. The van der Waals surface area contributed by atoms with Gasteiger partial charge in [-0.25, -0.2) is 0 Å². The average molecular weight is 996 g/mol. The lowest BCUT2D eigenvalue weighted by atomic mass is 10.0. The summed E-state index contributed by atoms with van der Waals surface area (Å²) in [7, 11) is 0. The summed E-state index contributed by atoms with van der Waals surface area (Å²) < 4.78 is 16.8. The Bertz CT molecular complexity index is 1230. The second kappa shape index (κ2) is 59.9. The first-order valence-corrected chi connectivity index (χ1v) is 31.1. The molecule has 0 bridgehead atoms. The zero-order chi connectivity index (χ0) is 51.4. The van der Waals surface area contributed by atoms with Crippen LogP contribution in [0.5, 0.6) is 0 Å². The molecule has 0 rings (SSSR count). The molecule has 0 N–H and O–H groups in total. The number of ether oxygens (including phenoxy) is 3. The molecule has 414 valence electrons. The van der Waals surface area contributed by atoms with Gasteiger partial charge in [0.05, 0.1) is 0 Å². The van der Waals surface area contributed by atoms with Gasteiger partial charge in [0.15, 0.2) is 6.10 Å². The van der Waals surface area contributed by atoms with E-state index in [2.05, 4.69) is 69.4 Å². The predicted molar refractivity (Wildman–Crippen MR) is 307 cm³/mol. The van der Waals surface area contributed by atoms with Crippen molar-refractivity contribution >= 4 is 17.9 Å². The van der Waals surface area contributed by atoms with Gasteiger partial charge >= 0.3 is 17.9 Å². The molecule has 0 amide bonds. The SMILES string of the molecule is CC/C=C\C/C=C\C/C=C\CCCCCC(=O)OC(COC(=O)CCCCCCCCCCC)COC(=O)CCCCCCCCCCCCCCCCCCCCC/C=C\CCCCCCCCCC. The van der Waals surface area contributed by atoms with Gasteiger partial charge in [-0.05, 0) is 77.0 Å². The maximum Gasteiger partial charge on any atom is 0.306 e. The third kappa shape index (κ3) is 58.1. The largest absolute Gasteiger partial charge is 0.462 e. The highest BCUT2D eigenvalue weighted by molar-refractivity contribution is 5.71. The third-order valence-corrected chi connectivity index (χ3v) is 13.8. The molecule has 0 aromatic heterocycles. The topological polar surface area (TPSA) is 78.9 Å². The van der Waals surface area contributed by atoms with E-state index in [9.17, 15) is 14.4 Å². The molecule has 0 aromatic rings. The monoisotopic (exact) mass is 995 g/mol. The van der Waals surface area contributed by atoms with Gasteiger partial charge in [-0.1, -0.05) is 281 Å². The molecule has 0 heterocycles. The van der Waals surface area contributed by atoms with Crippen molar-refractivity contribution in [2.45, 2.75) is 335 Å². The molecule has 0 aliphatic rings. The van der Waals surface area contributed by atoms with Crippen molar-refractivity contribution in [2.75, 3.05) is 13.2 Å². The molecule has 0 spiro atoms. The van der Waals surface area contributed by atoms with Crippen molar-refractivity contribution in [3.05, 3.63) is 48.6 Å². The van der Waals surface area contributed by atoms with Crippen molar-refractivity contribution < 1.29 is 28.6 Å². The summed E-state index contributed by atoms with van der Waals surface area (Å²) in [5.41, 5.74) is 0. The Morgan fingerprint density at radius 1 is 0.296 bits per heavy atom. The Hall–Kier alpha value is -2.63. The summed E-state index contributed by atoms with van der Waals surface area (Å²) in [5.74, 6) is -0.900. The van der Waals surface area contributed by atoms with Crippen LogP contribution >= 0.6 is 0 Å². The molecular weight excluding hydrogens is 877 g/mol. The van der Waals surface area contributed by atoms with Crippen molar-refractivity contribution in [3.63, 3.8) is 0 Å². The maximum atomic E-state index is 12.8. The minimum Gasteiger partial charge on any atom is -0.462 e. The van der Waals surface area contributed by atoms with Gasteiger partial charge in [-0.3, -0.25) is 14.4 Å². The molecule has 1 unspecified atom stereocenters. The van der Waals surface area contributed by atoms with Crippen molar-refractivity contribution in [1.82, 2.24) is 0 Å². The summed E-state index contributed by atoms with van der Waals surface area (Å²) in [4.78, 5) is 38.0. The minimum absolute atomic E-state index is 0.0813. The lowest BCUT2D eigenvalue weighted by Crippen LogP contribution is -2.30. The molecule has 0 saturated carbocycles. The van der Waals surface area contributed by atoms with Crippen LogP contribution in [-0.4, -0.2) is 37.2 Å². The van der Waals surface area contributed by atoms with Gasteiger partial charge in [-0.2, -0.15) is 0 Å². The Labute approximate surface area is 441 Å². The van der Waals surface area contributed by atoms with Gasteiger partial charge in [0.1, 0.15) is 13.2 Å². The van der Waals surface area contributed by atoms with E-state index in [1.54, 1.807) is 0 Å². The highest BCUT2D eigenvalue weighted by atomic mass is 16.6. The fourth-order valence-corrected chi connectivity index (χ4v) is 9.16. The number of carbonyl (C=O) groups excluding carboxylic acids is 3. The molecule has 0 aromatic carbocycles. The van der Waals surface area contributed by atoms with Crippen molar-refractivity contribution in [2.24, 2.45) is 0 Å². The summed E-state index contributed by atoms with van der Waals surface area (Å²) in [5, 5.41) is 0. The van der Waals surface area contributed by atoms with Crippen LogP contribution in [0.1, 0.15) is 329 Å². The van der Waals surface area contributed by atoms with Gasteiger partial charge in [0.25, 0.3) is 0 Å². The number of unbranched alkanes of at least 4 members (excludes halogenated alkanes) is 38. The van der Waals surface area contributed by atoms with Gasteiger partial charge in [0.2, 0.25) is 0 Å². The molecule has 6 heteroatoms. The van der Waals surface area contributed by atoms with Crippen LogP contribution in [0.4, 0.5) is 0 Å². The second-order valence-electron chi connectivity index (χ2n) is 20.9. The van der Waals surface area contributed by atoms with Crippen LogP contribution in [0.3, 0.4) is 0 Å². The second-order valence-corrected chi connectivity index (χ2v) is 20.9. The van der Waals surface area contributed by atoms with Crippen LogP contribution in [0.2, 0.25) is 0 Å². The van der Waals surface area contributed by atoms with Crippen LogP contribution in [-0.2, 0) is 28.6 Å². The average Bonchev–Trinajstić information content (AvgIpc) is 3.37. The molecule has 0 fully saturated rings. The van der Waals surface area contributed by atoms with E-state index in [-0.39, 0.29) is 31.1 Å². The zero-order valence-corrected chi connectivity index (χ0v) is 47.5. The minimum atomic E-state index is -0.784. The Balaban J connectivity index is 4.03. The van der Waals surface area contributed by atoms with Gasteiger partial charge < -0.3 is 14.2 Å². The molecule has 0 aliphatic carbocycles. The van der Waals surface area contributed by atoms with Crippen LogP contribution in [0.25, 0.3) is 0 Å². The van der Waals surface area contributed by atoms with Crippen LogP contribution in [0.15, 0.2) is 48.6 Å². The Kier molecular flexibility index (Phi) is 57.7. The normalized spacial score (nSPS) is 12.3. The predicted octanol–water partition coefficient (Wildman–Crippen LogP) is 21.0. The summed E-state index contributed by atoms with van der Waals surface area (Å²) in [6.07, 6.45) is 74.4. The van der Waals surface area contributed by atoms with Crippen LogP contribution in [0, 0.1) is 0 Å². The van der Waals surface area contributed by atoms with Crippen molar-refractivity contribution in [3.8, 4) is 0 Å². The highest BCUT2D eigenvalue weighted by Crippen LogP contribution is 2.17. The fourth-order valence-electron chi connectivity index (χ4n) is 9.16. The lowest BCUT2D eigenvalue weighted by Gasteiger charge is -2.18. The maximum absolute atomic E-state index is 12.8.